The van der Waals surface area contributed by atoms with Gasteiger partial charge in [-0.15, -0.1) is 0 Å². The fourth-order valence-electron chi connectivity index (χ4n) is 18.5. The molecule has 0 spiro atoms. The van der Waals surface area contributed by atoms with Gasteiger partial charge in [-0.3, -0.25) is 24.0 Å². The molecule has 0 unspecified atom stereocenters. The Kier molecular flexibility index (Phi) is 41.7. The molecule has 56 atom stereocenters. The Bertz CT molecular complexity index is 4010. The molecule has 63 nitrogen and oxygen atoms in total. The first-order chi connectivity index (χ1) is 67.0. The fourth-order valence-corrected chi connectivity index (χ4v) is 18.5. The summed E-state index contributed by atoms with van der Waals surface area (Å²) >= 11 is 0. The topological polar surface area (TPSA) is 984 Å². The summed E-state index contributed by atoms with van der Waals surface area (Å²) in [6.07, 6.45) is -113. The zero-order valence-corrected chi connectivity index (χ0v) is 76.4. The fraction of sp³-hybridized carbons (Fsp3) is 0.924. The van der Waals surface area contributed by atoms with E-state index in [4.69, 9.17) is 99.5 Å². The molecular formula is C79H131N5O58. The second-order valence-corrected chi connectivity index (χ2v) is 35.9. The number of carboxylic acid groups (broad SMARTS) is 1. The Morgan fingerprint density at radius 3 is 1.09 bits per heavy atom. The van der Waals surface area contributed by atoms with Crippen molar-refractivity contribution in [3.63, 3.8) is 0 Å². The third-order valence-electron chi connectivity index (χ3n) is 25.9. The van der Waals surface area contributed by atoms with Crippen LogP contribution in [-0.2, 0) is 128 Å². The molecule has 63 heteroatoms. The number of hydrogen-bond acceptors (Lipinski definition) is 57. The quantitative estimate of drug-likeness (QED) is 0.0273. The van der Waals surface area contributed by atoms with E-state index < -0.39 is 451 Å². The van der Waals surface area contributed by atoms with Crippen LogP contribution in [0.1, 0.15) is 48.0 Å². The summed E-state index contributed by atoms with van der Waals surface area (Å²) in [5.74, 6) is -10.5. The number of ether oxygens (including phenoxy) is 21. The van der Waals surface area contributed by atoms with Crippen LogP contribution in [0.5, 0.6) is 0 Å². The van der Waals surface area contributed by atoms with E-state index in [-0.39, 0.29) is 0 Å². The SMILES string of the molecule is CC(=O)N[C@@H]1[C@@H](O)[C@H](O[C@@H]2O[C@H](CO)[C@@H](O[C@@H]3O[C@H](CO[C@H]4O[C@H](CO)[C@@H](O)[C@H](O)[C@@H]4O[C@@H]4O[C@H](CO)[C@@H](O[C@@H]5O[C@H](CO)[C@H](O)[C@H](O[C@]6(C(=O)O)C[C@H](O)[C@@H](NC(C)=O)[C@H]([C@H](O)[C@H](O)CO)O6)[C@H]5O)[C@H](O[C@@H]5O[C@@H](C)[C@@H](O)[C@@H](O)[C@@H]5O)[C@H]4NC(C)=O)[C@@H](O)[C@H](O[C@H]4O[C@H](CO)[C@@H](O)[C@H](O)[C@@H]4O[C@@H]4O[C@H](CO)[C@@H](O[C@@H]5O[C@H](CO)[C@H](O)[C@H](O)[C@H]5O)[C@H](O)[C@H]4NC(C)=O)[C@@H]3O)[C@H](O)[C@H]2NC(C)=O)[C@@H](CO)O[C@H]1O. The zero-order valence-electron chi connectivity index (χ0n) is 76.4. The molecule has 11 rings (SSSR count). The van der Waals surface area contributed by atoms with Crippen molar-refractivity contribution < 1.29 is 287 Å². The number of carboxylic acids is 1. The third kappa shape index (κ3) is 25.6. The van der Waals surface area contributed by atoms with E-state index >= 15 is 0 Å². The van der Waals surface area contributed by atoms with Gasteiger partial charge in [0.2, 0.25) is 29.5 Å². The van der Waals surface area contributed by atoms with Crippen LogP contribution >= 0.6 is 0 Å². The van der Waals surface area contributed by atoms with Gasteiger partial charge in [0.25, 0.3) is 5.79 Å². The van der Waals surface area contributed by atoms with Gasteiger partial charge in [0.1, 0.15) is 256 Å². The first-order valence-electron chi connectivity index (χ1n) is 45.1. The lowest BCUT2D eigenvalue weighted by Gasteiger charge is -2.52. The van der Waals surface area contributed by atoms with Crippen LogP contribution in [0.4, 0.5) is 0 Å². The average Bonchev–Trinajstić information content (AvgIpc) is 0.649. The molecule has 11 aliphatic rings. The van der Waals surface area contributed by atoms with Gasteiger partial charge in [-0.05, 0) is 6.92 Å². The van der Waals surface area contributed by atoms with Crippen molar-refractivity contribution in [3.05, 3.63) is 0 Å². The Morgan fingerprint density at radius 1 is 0.303 bits per heavy atom. The van der Waals surface area contributed by atoms with Gasteiger partial charge in [-0.25, -0.2) is 4.79 Å². The van der Waals surface area contributed by atoms with Crippen molar-refractivity contribution in [3.8, 4) is 0 Å². The first-order valence-corrected chi connectivity index (χ1v) is 45.1. The Morgan fingerprint density at radius 2 is 0.627 bits per heavy atom. The van der Waals surface area contributed by atoms with Gasteiger partial charge in [-0.1, -0.05) is 0 Å². The van der Waals surface area contributed by atoms with E-state index in [2.05, 4.69) is 26.6 Å². The van der Waals surface area contributed by atoms with Crippen LogP contribution in [0.3, 0.4) is 0 Å². The molecule has 11 heterocycles. The number of carbonyl (C=O) groups excluding carboxylic acids is 5. The summed E-state index contributed by atoms with van der Waals surface area (Å²) in [7, 11) is 0. The Labute approximate surface area is 803 Å². The monoisotopic (exact) mass is 2080 g/mol. The summed E-state index contributed by atoms with van der Waals surface area (Å²) in [6, 6.07) is -9.79. The second-order valence-electron chi connectivity index (χ2n) is 35.9. The highest BCUT2D eigenvalue weighted by atomic mass is 16.8. The molecule has 11 fully saturated rings. The van der Waals surface area contributed by atoms with E-state index in [9.17, 15) is 187 Å². The minimum atomic E-state index is -3.40. The molecule has 0 aromatic carbocycles. The lowest BCUT2D eigenvalue weighted by Crippen LogP contribution is -2.72. The van der Waals surface area contributed by atoms with Crippen LogP contribution in [0.15, 0.2) is 0 Å². The number of aliphatic hydroxyl groups is 30. The molecule has 36 N–H and O–H groups in total. The molecule has 0 bridgehead atoms. The highest BCUT2D eigenvalue weighted by molar-refractivity contribution is 5.77. The van der Waals surface area contributed by atoms with Crippen LogP contribution in [0, 0.1) is 0 Å². The minimum Gasteiger partial charge on any atom is -0.477 e. The molecule has 0 radical (unpaired) electrons. The molecule has 820 valence electrons. The van der Waals surface area contributed by atoms with Gasteiger partial charge < -0.3 is 284 Å². The van der Waals surface area contributed by atoms with Crippen LogP contribution in [0.2, 0.25) is 0 Å². The van der Waals surface area contributed by atoms with Gasteiger partial charge in [0, 0.05) is 41.0 Å². The summed E-state index contributed by atoms with van der Waals surface area (Å²) in [5, 5.41) is 362. The Balaban J connectivity index is 0.951. The number of carbonyl (C=O) groups is 6. The standard InChI is InChI=1S/C79H131N5O58/c1-18-40(101)50(111)54(115)72(123-18)137-63-39(84-23(6)98)71(131-33(16-93)61(63)136-75-57(118)65(45(106)29(12-89)126-75)142-79(78(120)121)7-24(99)35(80-19(2)94)62(141-79)41(102)25(100)8-85)139-66-52(113)43(104)27(10-87)127-76(66)122-17-34-46(107)64(56(117)74(132-34)135-60-32(15-92)129-69(37(48(60)109)82-21(4)96)133-58-30(13-90)124-68(119)36(47(58)108)81-20(3)95)138-77-67(53(114)44(105)28(11-88)128-77)140-70-38(83-22(5)97)49(110)59(31(14-91)130-70)134-73-55(116)51(112)42(103)26(9-86)125-73/h18,24-77,85-93,99-119H,7-17H2,1-6H3,(H,80,94)(H,81,95)(H,82,96)(H,83,97)(H,84,98)(H,120,121)/t18-,24-,25+,26+,27+,28+,29+,30+,31+,32+,33+,34+,35+,36+,37+,38+,39+,40+,41+,42-,43+,44+,45-,46+,47+,48+,49+,50+,51-,52-,53-,54-,55+,56-,57+,58+,59+,60+,61+,62+,63+,64-,65-,66-,67-,68+,69-,70-,71-,72-,73-,74-,75-,76-,77+,79-/m0/s1. The van der Waals surface area contributed by atoms with Gasteiger partial charge >= 0.3 is 5.97 Å². The first kappa shape index (κ1) is 117. The van der Waals surface area contributed by atoms with Crippen molar-refractivity contribution in [1.29, 1.82) is 0 Å². The number of rotatable bonds is 38. The second kappa shape index (κ2) is 50.6. The van der Waals surface area contributed by atoms with Crippen molar-refractivity contribution in [1.82, 2.24) is 26.6 Å². The highest BCUT2D eigenvalue weighted by Crippen LogP contribution is 2.44. The smallest absolute Gasteiger partial charge is 0.364 e. The molecule has 11 saturated heterocycles. The van der Waals surface area contributed by atoms with Gasteiger partial charge in [-0.2, -0.15) is 0 Å². The predicted molar refractivity (Wildman–Crippen MR) is 436 cm³/mol. The number of aliphatic hydroxyl groups excluding tert-OH is 30. The maximum Gasteiger partial charge on any atom is 0.364 e. The van der Waals surface area contributed by atoms with E-state index in [1.165, 1.54) is 0 Å². The number of hydrogen-bond donors (Lipinski definition) is 36. The van der Waals surface area contributed by atoms with Crippen molar-refractivity contribution in [2.45, 2.75) is 391 Å². The summed E-state index contributed by atoms with van der Waals surface area (Å²) in [5.41, 5.74) is 0. The average molecular weight is 2080 g/mol. The van der Waals surface area contributed by atoms with Crippen LogP contribution in [0.25, 0.3) is 0 Å². The molecule has 5 amide bonds. The largest absolute Gasteiger partial charge is 0.477 e. The van der Waals surface area contributed by atoms with E-state index in [1.807, 2.05) is 0 Å². The van der Waals surface area contributed by atoms with Crippen LogP contribution < -0.4 is 26.6 Å². The highest BCUT2D eigenvalue weighted by Gasteiger charge is 2.65. The Hall–Kier alpha value is -5.22. The van der Waals surface area contributed by atoms with E-state index in [1.54, 1.807) is 0 Å². The normalized spacial score (nSPS) is 48.0. The predicted octanol–water partition coefficient (Wildman–Crippen LogP) is -24.0. The van der Waals surface area contributed by atoms with Crippen LogP contribution in [-0.4, -0.2) is 603 Å². The molecular weight excluding hydrogens is 1950 g/mol. The molecule has 0 aliphatic carbocycles. The summed E-state index contributed by atoms with van der Waals surface area (Å²) in [4.78, 5) is 78.3. The van der Waals surface area contributed by atoms with Crippen molar-refractivity contribution >= 4 is 35.5 Å². The summed E-state index contributed by atoms with van der Waals surface area (Å²) in [6.45, 7) is -6.63. The lowest BCUT2D eigenvalue weighted by atomic mass is 9.88. The molecule has 0 saturated carbocycles. The lowest BCUT2D eigenvalue weighted by molar-refractivity contribution is -0.403. The summed E-state index contributed by atoms with van der Waals surface area (Å²) < 4.78 is 127. The number of amides is 5. The molecule has 0 aromatic heterocycles. The maximum absolute atomic E-state index is 13.8. The molecule has 0 aromatic rings. The zero-order chi connectivity index (χ0) is 105. The van der Waals surface area contributed by atoms with Gasteiger partial charge in [0.15, 0.2) is 62.9 Å². The molecule has 11 aliphatic heterocycles. The van der Waals surface area contributed by atoms with Crippen molar-refractivity contribution in [2.75, 3.05) is 66.1 Å². The third-order valence-corrected chi connectivity index (χ3v) is 25.9. The minimum absolute atomic E-state index is 0.829. The van der Waals surface area contributed by atoms with E-state index in [0.29, 0.717) is 0 Å². The number of aliphatic carboxylic acids is 1. The molecule has 142 heavy (non-hydrogen) atoms. The van der Waals surface area contributed by atoms with Crippen molar-refractivity contribution in [2.24, 2.45) is 0 Å². The van der Waals surface area contributed by atoms with E-state index in [0.717, 1.165) is 41.5 Å². The number of nitrogens with one attached hydrogen (secondary N) is 5. The van der Waals surface area contributed by atoms with Gasteiger partial charge in [0.05, 0.1) is 84.3 Å². The maximum atomic E-state index is 13.8.